The van der Waals surface area contributed by atoms with Crippen LogP contribution in [0.5, 0.6) is 0 Å². The van der Waals surface area contributed by atoms with E-state index in [1.807, 2.05) is 13.0 Å². The standard InChI is InChI=1S/C16H22N4/c1-5-8-17-15-10-13(4)18-16(20-15)19-14-9-11(2)6-7-12(14)3/h6-7,9-10H,5,8H2,1-4H3,(H2,17,18,19,20). The first-order valence-electron chi connectivity index (χ1n) is 7.02. The lowest BCUT2D eigenvalue weighted by Crippen LogP contribution is -2.06. The molecule has 2 rings (SSSR count). The first-order chi connectivity index (χ1) is 9.58. The van der Waals surface area contributed by atoms with E-state index in [1.54, 1.807) is 0 Å². The van der Waals surface area contributed by atoms with Crippen LogP contribution in [0.2, 0.25) is 0 Å². The molecule has 0 saturated heterocycles. The summed E-state index contributed by atoms with van der Waals surface area (Å²) in [6, 6.07) is 8.28. The zero-order valence-corrected chi connectivity index (χ0v) is 12.6. The third kappa shape index (κ3) is 3.70. The Hall–Kier alpha value is -2.10. The number of rotatable bonds is 5. The molecule has 0 saturated carbocycles. The van der Waals surface area contributed by atoms with Crippen LogP contribution in [-0.4, -0.2) is 16.5 Å². The number of nitrogens with zero attached hydrogens (tertiary/aromatic N) is 2. The normalized spacial score (nSPS) is 10.4. The van der Waals surface area contributed by atoms with E-state index in [2.05, 4.69) is 59.6 Å². The number of anilines is 3. The summed E-state index contributed by atoms with van der Waals surface area (Å²) in [7, 11) is 0. The van der Waals surface area contributed by atoms with Crippen molar-refractivity contribution in [2.45, 2.75) is 34.1 Å². The van der Waals surface area contributed by atoms with Gasteiger partial charge in [-0.3, -0.25) is 0 Å². The number of aromatic nitrogens is 2. The zero-order valence-electron chi connectivity index (χ0n) is 12.6. The molecule has 0 aliphatic rings. The van der Waals surface area contributed by atoms with Crippen molar-refractivity contribution in [3.05, 3.63) is 41.1 Å². The first kappa shape index (κ1) is 14.3. The molecule has 1 aromatic carbocycles. The minimum Gasteiger partial charge on any atom is -0.370 e. The van der Waals surface area contributed by atoms with Crippen LogP contribution in [-0.2, 0) is 0 Å². The second kappa shape index (κ2) is 6.37. The molecular weight excluding hydrogens is 248 g/mol. The van der Waals surface area contributed by atoms with E-state index in [9.17, 15) is 0 Å². The Labute approximate surface area is 120 Å². The van der Waals surface area contributed by atoms with E-state index < -0.39 is 0 Å². The SMILES string of the molecule is CCCNc1cc(C)nc(Nc2cc(C)ccc2C)n1. The Morgan fingerprint density at radius 3 is 2.60 bits per heavy atom. The van der Waals surface area contributed by atoms with Gasteiger partial charge in [0.15, 0.2) is 0 Å². The summed E-state index contributed by atoms with van der Waals surface area (Å²) < 4.78 is 0. The Morgan fingerprint density at radius 1 is 1.05 bits per heavy atom. The van der Waals surface area contributed by atoms with E-state index in [0.29, 0.717) is 5.95 Å². The van der Waals surface area contributed by atoms with E-state index in [1.165, 1.54) is 11.1 Å². The average Bonchev–Trinajstić information content (AvgIpc) is 2.40. The summed E-state index contributed by atoms with van der Waals surface area (Å²) in [6.45, 7) is 9.19. The third-order valence-corrected chi connectivity index (χ3v) is 3.05. The van der Waals surface area contributed by atoms with Gasteiger partial charge in [0.25, 0.3) is 0 Å². The van der Waals surface area contributed by atoms with E-state index in [0.717, 1.165) is 30.2 Å². The molecule has 4 nitrogen and oxygen atoms in total. The van der Waals surface area contributed by atoms with Gasteiger partial charge in [0.2, 0.25) is 5.95 Å². The number of benzene rings is 1. The summed E-state index contributed by atoms with van der Waals surface area (Å²) in [6.07, 6.45) is 1.07. The molecule has 1 heterocycles. The van der Waals surface area contributed by atoms with Gasteiger partial charge in [0.1, 0.15) is 5.82 Å². The van der Waals surface area contributed by atoms with E-state index >= 15 is 0 Å². The Kier molecular flexibility index (Phi) is 4.56. The van der Waals surface area contributed by atoms with Crippen molar-refractivity contribution < 1.29 is 0 Å². The van der Waals surface area contributed by atoms with Crippen molar-refractivity contribution in [2.75, 3.05) is 17.2 Å². The molecule has 20 heavy (non-hydrogen) atoms. The highest BCUT2D eigenvalue weighted by molar-refractivity contribution is 5.60. The summed E-state index contributed by atoms with van der Waals surface area (Å²) in [4.78, 5) is 8.95. The zero-order chi connectivity index (χ0) is 14.5. The van der Waals surface area contributed by atoms with Crippen molar-refractivity contribution in [1.82, 2.24) is 9.97 Å². The predicted octanol–water partition coefficient (Wildman–Crippen LogP) is 3.97. The molecule has 0 radical (unpaired) electrons. The monoisotopic (exact) mass is 270 g/mol. The Morgan fingerprint density at radius 2 is 1.85 bits per heavy atom. The molecule has 1 aromatic heterocycles. The fraction of sp³-hybridized carbons (Fsp3) is 0.375. The summed E-state index contributed by atoms with van der Waals surface area (Å²) >= 11 is 0. The summed E-state index contributed by atoms with van der Waals surface area (Å²) in [5.74, 6) is 1.50. The number of hydrogen-bond donors (Lipinski definition) is 2. The van der Waals surface area contributed by atoms with Crippen LogP contribution in [0, 0.1) is 20.8 Å². The highest BCUT2D eigenvalue weighted by Gasteiger charge is 2.04. The summed E-state index contributed by atoms with van der Waals surface area (Å²) in [5, 5.41) is 6.60. The first-order valence-corrected chi connectivity index (χ1v) is 7.02. The molecule has 2 N–H and O–H groups in total. The van der Waals surface area contributed by atoms with E-state index in [4.69, 9.17) is 0 Å². The van der Waals surface area contributed by atoms with Gasteiger partial charge < -0.3 is 10.6 Å². The lowest BCUT2D eigenvalue weighted by molar-refractivity contribution is 0.962. The molecule has 106 valence electrons. The smallest absolute Gasteiger partial charge is 0.229 e. The fourth-order valence-electron chi connectivity index (χ4n) is 1.96. The minimum atomic E-state index is 0.636. The molecule has 0 atom stereocenters. The van der Waals surface area contributed by atoms with Crippen LogP contribution in [0.4, 0.5) is 17.5 Å². The highest BCUT2D eigenvalue weighted by atomic mass is 15.1. The molecule has 4 heteroatoms. The van der Waals surface area contributed by atoms with Gasteiger partial charge in [0, 0.05) is 24.0 Å². The van der Waals surface area contributed by atoms with Crippen LogP contribution in [0.15, 0.2) is 24.3 Å². The number of aryl methyl sites for hydroxylation is 3. The third-order valence-electron chi connectivity index (χ3n) is 3.05. The maximum atomic E-state index is 4.50. The van der Waals surface area contributed by atoms with Crippen molar-refractivity contribution >= 4 is 17.5 Å². The molecule has 0 bridgehead atoms. The Bertz CT molecular complexity index is 593. The quantitative estimate of drug-likeness (QED) is 0.863. The highest BCUT2D eigenvalue weighted by Crippen LogP contribution is 2.20. The molecule has 0 spiro atoms. The fourth-order valence-corrected chi connectivity index (χ4v) is 1.96. The van der Waals surface area contributed by atoms with Gasteiger partial charge in [-0.25, -0.2) is 4.98 Å². The van der Waals surface area contributed by atoms with Crippen molar-refractivity contribution in [1.29, 1.82) is 0 Å². The van der Waals surface area contributed by atoms with Gasteiger partial charge in [-0.1, -0.05) is 19.1 Å². The van der Waals surface area contributed by atoms with Gasteiger partial charge in [-0.15, -0.1) is 0 Å². The summed E-state index contributed by atoms with van der Waals surface area (Å²) in [5.41, 5.74) is 4.40. The number of nitrogens with one attached hydrogen (secondary N) is 2. The van der Waals surface area contributed by atoms with Gasteiger partial charge in [0.05, 0.1) is 0 Å². The van der Waals surface area contributed by atoms with E-state index in [-0.39, 0.29) is 0 Å². The molecule has 0 aliphatic heterocycles. The molecule has 2 aromatic rings. The van der Waals surface area contributed by atoms with Crippen molar-refractivity contribution in [2.24, 2.45) is 0 Å². The molecule has 0 amide bonds. The molecule has 0 unspecified atom stereocenters. The predicted molar refractivity (Wildman–Crippen MR) is 84.7 cm³/mol. The van der Waals surface area contributed by atoms with Gasteiger partial charge >= 0.3 is 0 Å². The van der Waals surface area contributed by atoms with Crippen molar-refractivity contribution in [3.8, 4) is 0 Å². The maximum Gasteiger partial charge on any atom is 0.229 e. The van der Waals surface area contributed by atoms with Crippen LogP contribution in [0.1, 0.15) is 30.2 Å². The topological polar surface area (TPSA) is 49.8 Å². The average molecular weight is 270 g/mol. The van der Waals surface area contributed by atoms with Crippen LogP contribution in [0.3, 0.4) is 0 Å². The lowest BCUT2D eigenvalue weighted by Gasteiger charge is -2.11. The maximum absolute atomic E-state index is 4.50. The van der Waals surface area contributed by atoms with Gasteiger partial charge in [-0.05, 0) is 44.4 Å². The van der Waals surface area contributed by atoms with Crippen LogP contribution < -0.4 is 10.6 Å². The molecule has 0 aliphatic carbocycles. The second-order valence-electron chi connectivity index (χ2n) is 5.09. The van der Waals surface area contributed by atoms with Gasteiger partial charge in [-0.2, -0.15) is 4.98 Å². The van der Waals surface area contributed by atoms with Crippen LogP contribution >= 0.6 is 0 Å². The van der Waals surface area contributed by atoms with Crippen molar-refractivity contribution in [3.63, 3.8) is 0 Å². The number of hydrogen-bond acceptors (Lipinski definition) is 4. The second-order valence-corrected chi connectivity index (χ2v) is 5.09. The largest absolute Gasteiger partial charge is 0.370 e. The van der Waals surface area contributed by atoms with Crippen LogP contribution in [0.25, 0.3) is 0 Å². The molecule has 0 fully saturated rings. The molecular formula is C16H22N4. The minimum absolute atomic E-state index is 0.636. The lowest BCUT2D eigenvalue weighted by atomic mass is 10.1. The Balaban J connectivity index is 2.24.